The number of aromatic nitrogens is 4. The normalized spacial score (nSPS) is 11.3. The van der Waals surface area contributed by atoms with Crippen LogP contribution in [0.3, 0.4) is 0 Å². The number of amides is 1. The van der Waals surface area contributed by atoms with Crippen LogP contribution < -0.4 is 10.9 Å². The van der Waals surface area contributed by atoms with Crippen LogP contribution in [-0.2, 0) is 11.2 Å². The van der Waals surface area contributed by atoms with Crippen molar-refractivity contribution in [3.8, 4) is 5.69 Å². The molecule has 1 amide bonds. The van der Waals surface area contributed by atoms with Crippen LogP contribution in [-0.4, -0.2) is 30.8 Å². The molecule has 0 aliphatic rings. The fourth-order valence-electron chi connectivity index (χ4n) is 4.16. The van der Waals surface area contributed by atoms with Crippen molar-refractivity contribution in [1.82, 2.24) is 19.2 Å². The molecule has 5 aromatic rings. The van der Waals surface area contributed by atoms with Crippen molar-refractivity contribution < 1.29 is 4.79 Å². The lowest BCUT2D eigenvalue weighted by atomic mass is 10.1. The lowest BCUT2D eigenvalue weighted by Gasteiger charge is -2.14. The molecule has 0 bridgehead atoms. The zero-order valence-electron chi connectivity index (χ0n) is 19.8. The molecular weight excluding hydrogens is 458 g/mol. The number of anilines is 1. The molecule has 8 heteroatoms. The average Bonchev–Trinajstić information content (AvgIpc) is 3.29. The smallest absolute Gasteiger partial charge is 0.267 e. The Morgan fingerprint density at radius 2 is 1.80 bits per heavy atom. The van der Waals surface area contributed by atoms with Gasteiger partial charge < -0.3 is 5.32 Å². The molecule has 1 N–H and O–H groups in total. The molecule has 0 saturated heterocycles. The number of carbonyl (C=O) groups is 1. The predicted molar refractivity (Wildman–Crippen MR) is 141 cm³/mol. The summed E-state index contributed by atoms with van der Waals surface area (Å²) < 4.78 is 3.46. The van der Waals surface area contributed by atoms with Crippen molar-refractivity contribution >= 4 is 40.0 Å². The van der Waals surface area contributed by atoms with Gasteiger partial charge in [0.1, 0.15) is 0 Å². The van der Waals surface area contributed by atoms with E-state index in [1.54, 1.807) is 10.6 Å². The highest BCUT2D eigenvalue weighted by molar-refractivity contribution is 7.99. The van der Waals surface area contributed by atoms with Gasteiger partial charge in [-0.3, -0.25) is 14.0 Å². The maximum atomic E-state index is 13.5. The third-order valence-electron chi connectivity index (χ3n) is 6.16. The van der Waals surface area contributed by atoms with Crippen LogP contribution >= 0.6 is 11.8 Å². The average molecular weight is 484 g/mol. The van der Waals surface area contributed by atoms with Gasteiger partial charge in [0.05, 0.1) is 22.3 Å². The van der Waals surface area contributed by atoms with Crippen molar-refractivity contribution in [3.63, 3.8) is 0 Å². The Labute approximate surface area is 206 Å². The molecule has 176 valence electrons. The minimum Gasteiger partial charge on any atom is -0.325 e. The van der Waals surface area contributed by atoms with E-state index in [1.165, 1.54) is 11.8 Å². The monoisotopic (exact) mass is 483 g/mol. The van der Waals surface area contributed by atoms with Gasteiger partial charge in [-0.1, -0.05) is 55.1 Å². The molecule has 0 aliphatic carbocycles. The quantitative estimate of drug-likeness (QED) is 0.346. The first-order valence-electron chi connectivity index (χ1n) is 11.4. The number of benzene rings is 3. The summed E-state index contributed by atoms with van der Waals surface area (Å²) in [5.74, 6) is 0.446. The van der Waals surface area contributed by atoms with Crippen LogP contribution in [0.5, 0.6) is 0 Å². The Balaban J connectivity index is 1.55. The van der Waals surface area contributed by atoms with E-state index in [4.69, 9.17) is 0 Å². The number of nitrogens with one attached hydrogen (secondary N) is 1. The fourth-order valence-corrected chi connectivity index (χ4v) is 4.90. The Morgan fingerprint density at radius 3 is 2.63 bits per heavy atom. The number of nitrogens with zero attached hydrogens (tertiary/aromatic N) is 4. The molecular formula is C27H25N5O2S. The van der Waals surface area contributed by atoms with E-state index in [9.17, 15) is 9.59 Å². The molecule has 2 heterocycles. The third kappa shape index (κ3) is 4.21. The summed E-state index contributed by atoms with van der Waals surface area (Å²) in [4.78, 5) is 26.2. The Hall–Kier alpha value is -3.91. The number of para-hydroxylation sites is 1. The van der Waals surface area contributed by atoms with E-state index in [1.807, 2.05) is 78.9 Å². The van der Waals surface area contributed by atoms with Gasteiger partial charge in [0.2, 0.25) is 11.7 Å². The lowest BCUT2D eigenvalue weighted by molar-refractivity contribution is -0.113. The topological polar surface area (TPSA) is 81.3 Å². The van der Waals surface area contributed by atoms with Crippen LogP contribution in [0.2, 0.25) is 0 Å². The van der Waals surface area contributed by atoms with E-state index in [-0.39, 0.29) is 17.2 Å². The number of thioether (sulfide) groups is 1. The second-order valence-corrected chi connectivity index (χ2v) is 9.33. The minimum atomic E-state index is -0.153. The standard InChI is InChI=1S/C27H25N5O2S/c1-4-19-10-8-11-20(15-19)28-24(33)16-35-27-30-29-26-31(22-14-7-9-17(2)18(22)3)25(34)21-12-5-6-13-23(21)32(26)27/h5-15H,4,16H2,1-3H3,(H,28,33). The lowest BCUT2D eigenvalue weighted by Crippen LogP contribution is -2.22. The Morgan fingerprint density at radius 1 is 1.00 bits per heavy atom. The maximum Gasteiger partial charge on any atom is 0.267 e. The van der Waals surface area contributed by atoms with Gasteiger partial charge in [-0.2, -0.15) is 0 Å². The number of hydrogen-bond acceptors (Lipinski definition) is 5. The van der Waals surface area contributed by atoms with Gasteiger partial charge in [-0.05, 0) is 67.3 Å². The summed E-state index contributed by atoms with van der Waals surface area (Å²) in [6.07, 6.45) is 0.902. The predicted octanol–water partition coefficient (Wildman–Crippen LogP) is 4.94. The fraction of sp³-hybridized carbons (Fsp3) is 0.185. The third-order valence-corrected chi connectivity index (χ3v) is 7.09. The summed E-state index contributed by atoms with van der Waals surface area (Å²) in [6.45, 7) is 6.09. The van der Waals surface area contributed by atoms with Crippen LogP contribution in [0.4, 0.5) is 5.69 Å². The Bertz CT molecular complexity index is 1640. The van der Waals surface area contributed by atoms with Gasteiger partial charge in [0.15, 0.2) is 5.16 Å². The summed E-state index contributed by atoms with van der Waals surface area (Å²) in [6, 6.07) is 21.1. The second-order valence-electron chi connectivity index (χ2n) is 8.39. The molecule has 0 radical (unpaired) electrons. The first-order valence-corrected chi connectivity index (χ1v) is 12.4. The number of aryl methyl sites for hydroxylation is 2. The van der Waals surface area contributed by atoms with Crippen LogP contribution in [0.15, 0.2) is 76.7 Å². The van der Waals surface area contributed by atoms with E-state index >= 15 is 0 Å². The molecule has 2 aromatic heterocycles. The van der Waals surface area contributed by atoms with E-state index < -0.39 is 0 Å². The summed E-state index contributed by atoms with van der Waals surface area (Å²) in [5.41, 5.74) is 5.33. The molecule has 0 fully saturated rings. The van der Waals surface area contributed by atoms with Gasteiger partial charge in [0, 0.05) is 5.69 Å². The molecule has 5 rings (SSSR count). The molecule has 0 spiro atoms. The zero-order valence-corrected chi connectivity index (χ0v) is 20.6. The number of rotatable bonds is 6. The largest absolute Gasteiger partial charge is 0.325 e. The van der Waals surface area contributed by atoms with Crippen LogP contribution in [0.25, 0.3) is 22.4 Å². The minimum absolute atomic E-state index is 0.132. The maximum absolute atomic E-state index is 13.5. The first kappa shape index (κ1) is 22.9. The van der Waals surface area contributed by atoms with Gasteiger partial charge in [-0.15, -0.1) is 10.2 Å². The number of fused-ring (bicyclic) bond motifs is 3. The van der Waals surface area contributed by atoms with Gasteiger partial charge >= 0.3 is 0 Å². The van der Waals surface area contributed by atoms with Gasteiger partial charge in [0.25, 0.3) is 5.56 Å². The Kier molecular flexibility index (Phi) is 6.13. The summed E-state index contributed by atoms with van der Waals surface area (Å²) in [5, 5.41) is 12.8. The summed E-state index contributed by atoms with van der Waals surface area (Å²) >= 11 is 1.29. The van der Waals surface area contributed by atoms with Crippen molar-refractivity contribution in [2.75, 3.05) is 11.1 Å². The second kappa shape index (κ2) is 9.38. The van der Waals surface area contributed by atoms with Crippen molar-refractivity contribution in [3.05, 3.63) is 93.8 Å². The molecule has 0 aliphatic heterocycles. The molecule has 35 heavy (non-hydrogen) atoms. The number of hydrogen-bond donors (Lipinski definition) is 1. The number of carbonyl (C=O) groups excluding carboxylic acids is 1. The van der Waals surface area contributed by atoms with Crippen molar-refractivity contribution in [2.45, 2.75) is 32.3 Å². The van der Waals surface area contributed by atoms with Crippen LogP contribution in [0, 0.1) is 13.8 Å². The van der Waals surface area contributed by atoms with Crippen molar-refractivity contribution in [2.24, 2.45) is 0 Å². The first-order chi connectivity index (χ1) is 17.0. The van der Waals surface area contributed by atoms with Gasteiger partial charge in [-0.25, -0.2) is 4.57 Å². The zero-order chi connectivity index (χ0) is 24.5. The van der Waals surface area contributed by atoms with Crippen LogP contribution in [0.1, 0.15) is 23.6 Å². The van der Waals surface area contributed by atoms with E-state index in [0.29, 0.717) is 21.8 Å². The van der Waals surface area contributed by atoms with Crippen molar-refractivity contribution in [1.29, 1.82) is 0 Å². The summed E-state index contributed by atoms with van der Waals surface area (Å²) in [7, 11) is 0. The highest BCUT2D eigenvalue weighted by atomic mass is 32.2. The highest BCUT2D eigenvalue weighted by Crippen LogP contribution is 2.25. The van der Waals surface area contributed by atoms with E-state index in [0.717, 1.165) is 34.5 Å². The molecule has 0 atom stereocenters. The molecule has 0 unspecified atom stereocenters. The molecule has 3 aromatic carbocycles. The SMILES string of the molecule is CCc1cccc(NC(=O)CSc2nnc3n(-c4cccc(C)c4C)c(=O)c4ccccc4n23)c1. The molecule has 0 saturated carbocycles. The highest BCUT2D eigenvalue weighted by Gasteiger charge is 2.19. The molecule has 7 nitrogen and oxygen atoms in total. The van der Waals surface area contributed by atoms with E-state index in [2.05, 4.69) is 22.4 Å².